The molecule has 21 heteroatoms. The summed E-state index contributed by atoms with van der Waals surface area (Å²) in [6.45, 7) is 6.58. The summed E-state index contributed by atoms with van der Waals surface area (Å²) in [5, 5.41) is 32.1. The van der Waals surface area contributed by atoms with Crippen molar-refractivity contribution in [3.8, 4) is 0 Å². The summed E-state index contributed by atoms with van der Waals surface area (Å²) in [7, 11) is 0. The van der Waals surface area contributed by atoms with Crippen molar-refractivity contribution in [3.05, 3.63) is 35.9 Å². The van der Waals surface area contributed by atoms with Crippen LogP contribution in [0.5, 0.6) is 0 Å². The van der Waals surface area contributed by atoms with E-state index in [-0.39, 0.29) is 57.1 Å². The van der Waals surface area contributed by atoms with Gasteiger partial charge in [-0.15, -0.1) is 0 Å². The highest BCUT2D eigenvalue weighted by molar-refractivity contribution is 5.98. The minimum absolute atomic E-state index is 0.0290. The van der Waals surface area contributed by atoms with Gasteiger partial charge in [-0.2, -0.15) is 0 Å². The van der Waals surface area contributed by atoms with Crippen LogP contribution in [0.4, 0.5) is 0 Å². The second-order valence-corrected chi connectivity index (χ2v) is 15.4. The second kappa shape index (κ2) is 24.9. The van der Waals surface area contributed by atoms with Crippen LogP contribution in [-0.2, 0) is 44.8 Å². The number of aliphatic imine (C=N–C) groups is 1. The smallest absolute Gasteiger partial charge is 0.326 e. The highest BCUT2D eigenvalue weighted by atomic mass is 16.4. The average Bonchev–Trinajstić information content (AvgIpc) is 3.70. The number of carboxylic acids is 1. The molecule has 1 heterocycles. The Morgan fingerprint density at radius 3 is 1.97 bits per heavy atom. The molecule has 8 atom stereocenters. The van der Waals surface area contributed by atoms with Crippen LogP contribution in [0.3, 0.4) is 0 Å². The lowest BCUT2D eigenvalue weighted by atomic mass is 9.96. The lowest BCUT2D eigenvalue weighted by Crippen LogP contribution is -2.61. The summed E-state index contributed by atoms with van der Waals surface area (Å²) in [6.07, 6.45) is 0.530. The zero-order valence-corrected chi connectivity index (χ0v) is 34.7. The summed E-state index contributed by atoms with van der Waals surface area (Å²) in [5.74, 6) is -7.81. The lowest BCUT2D eigenvalue weighted by molar-refractivity contribution is -0.149. The molecule has 334 valence electrons. The van der Waals surface area contributed by atoms with Crippen molar-refractivity contribution in [2.45, 2.75) is 121 Å². The minimum atomic E-state index is -1.55. The Balaban J connectivity index is 2.40. The molecule has 0 aromatic heterocycles. The standard InChI is InChI=1S/C39H63N11O10/c1-5-22(4)31(49-35(56)26(17-21(2)3)47-34(55)27(46-32(53)24(40)20-51)18-23-11-7-6-8-12-23)36(57)45-25(13-9-15-44-39(42)43)33(54)48-28(19-30(41)52)37(58)50-16-10-14-29(50)38(59)60/h6-8,11-12,21-22,24-29,31,51H,5,9-10,13-20,40H2,1-4H3,(H2,41,52)(H,45,57)(H,46,53)(H,47,55)(H,48,54)(H,49,56)(H,59,60)(H4,42,43,44)/t22-,24-,25-,26-,27-,28-,29-,31-/m0/s1. The molecule has 0 bridgehead atoms. The van der Waals surface area contributed by atoms with E-state index < -0.39 is 109 Å². The number of hydrogen-bond donors (Lipinski definition) is 11. The molecule has 0 radical (unpaired) electrons. The van der Waals surface area contributed by atoms with Gasteiger partial charge in [-0.1, -0.05) is 64.4 Å². The Hall–Kier alpha value is -5.83. The Morgan fingerprint density at radius 1 is 0.817 bits per heavy atom. The lowest BCUT2D eigenvalue weighted by Gasteiger charge is -2.30. The Bertz CT molecular complexity index is 1670. The third-order valence-electron chi connectivity index (χ3n) is 10.0. The van der Waals surface area contributed by atoms with Crippen molar-refractivity contribution in [3.63, 3.8) is 0 Å². The van der Waals surface area contributed by atoms with Crippen LogP contribution < -0.4 is 49.5 Å². The number of amides is 7. The second-order valence-electron chi connectivity index (χ2n) is 15.4. The van der Waals surface area contributed by atoms with Gasteiger partial charge in [0, 0.05) is 19.5 Å². The van der Waals surface area contributed by atoms with E-state index in [1.54, 1.807) is 44.2 Å². The van der Waals surface area contributed by atoms with E-state index in [1.807, 2.05) is 13.8 Å². The van der Waals surface area contributed by atoms with E-state index in [1.165, 1.54) is 0 Å². The van der Waals surface area contributed by atoms with E-state index in [0.29, 0.717) is 18.4 Å². The molecule has 7 amide bonds. The van der Waals surface area contributed by atoms with Gasteiger partial charge in [0.15, 0.2) is 5.96 Å². The van der Waals surface area contributed by atoms with E-state index in [2.05, 4.69) is 31.6 Å². The van der Waals surface area contributed by atoms with Crippen LogP contribution in [0.25, 0.3) is 0 Å². The molecule has 1 fully saturated rings. The first-order chi connectivity index (χ1) is 28.3. The fourth-order valence-corrected chi connectivity index (χ4v) is 6.55. The van der Waals surface area contributed by atoms with E-state index >= 15 is 0 Å². The highest BCUT2D eigenvalue weighted by Crippen LogP contribution is 2.20. The number of guanidine groups is 1. The zero-order chi connectivity index (χ0) is 45.1. The van der Waals surface area contributed by atoms with Gasteiger partial charge in [0.2, 0.25) is 41.4 Å². The maximum atomic E-state index is 14.1. The first-order valence-electron chi connectivity index (χ1n) is 20.1. The number of aliphatic hydroxyl groups is 1. The largest absolute Gasteiger partial charge is 0.480 e. The van der Waals surface area contributed by atoms with Crippen molar-refractivity contribution < 1.29 is 48.6 Å². The highest BCUT2D eigenvalue weighted by Gasteiger charge is 2.40. The van der Waals surface area contributed by atoms with E-state index in [0.717, 1.165) is 4.90 Å². The summed E-state index contributed by atoms with van der Waals surface area (Å²) in [6, 6.07) is -0.253. The van der Waals surface area contributed by atoms with Gasteiger partial charge < -0.3 is 64.6 Å². The number of carbonyl (C=O) groups excluding carboxylic acids is 7. The Morgan fingerprint density at radius 2 is 1.40 bits per heavy atom. The Labute approximate surface area is 349 Å². The molecule has 0 spiro atoms. The Kier molecular flexibility index (Phi) is 20.9. The number of aliphatic hydroxyl groups excluding tert-OH is 1. The monoisotopic (exact) mass is 845 g/mol. The zero-order valence-electron chi connectivity index (χ0n) is 34.7. The molecule has 60 heavy (non-hydrogen) atoms. The van der Waals surface area contributed by atoms with Crippen LogP contribution >= 0.6 is 0 Å². The summed E-state index contributed by atoms with van der Waals surface area (Å²) < 4.78 is 0. The van der Waals surface area contributed by atoms with E-state index in [9.17, 15) is 48.6 Å². The van der Waals surface area contributed by atoms with Crippen molar-refractivity contribution in [2.24, 2.45) is 39.8 Å². The number of benzene rings is 1. The van der Waals surface area contributed by atoms with Crippen molar-refractivity contribution in [2.75, 3.05) is 19.7 Å². The van der Waals surface area contributed by atoms with Crippen LogP contribution in [0.2, 0.25) is 0 Å². The molecule has 15 N–H and O–H groups in total. The van der Waals surface area contributed by atoms with Crippen molar-refractivity contribution >= 4 is 53.3 Å². The number of carbonyl (C=O) groups is 8. The molecule has 0 aliphatic carbocycles. The number of nitrogens with one attached hydrogen (secondary N) is 5. The molecular formula is C39H63N11O10. The number of rotatable bonds is 25. The van der Waals surface area contributed by atoms with Gasteiger partial charge in [-0.3, -0.25) is 38.6 Å². The van der Waals surface area contributed by atoms with Crippen molar-refractivity contribution in [1.82, 2.24) is 31.5 Å². The van der Waals surface area contributed by atoms with Crippen LogP contribution in [-0.4, -0.2) is 130 Å². The number of nitrogens with zero attached hydrogens (tertiary/aromatic N) is 2. The van der Waals surface area contributed by atoms with Gasteiger partial charge in [0.1, 0.15) is 42.3 Å². The van der Waals surface area contributed by atoms with Gasteiger partial charge in [-0.05, 0) is 49.5 Å². The third kappa shape index (κ3) is 16.4. The number of nitrogens with two attached hydrogens (primary N) is 4. The summed E-state index contributed by atoms with van der Waals surface area (Å²) in [5.41, 5.74) is 22.7. The molecule has 1 aliphatic rings. The molecule has 1 aromatic rings. The molecule has 21 nitrogen and oxygen atoms in total. The summed E-state index contributed by atoms with van der Waals surface area (Å²) >= 11 is 0. The number of hydrogen-bond acceptors (Lipinski definition) is 11. The van der Waals surface area contributed by atoms with Gasteiger partial charge in [0.25, 0.3) is 0 Å². The molecule has 0 unspecified atom stereocenters. The first kappa shape index (κ1) is 50.3. The third-order valence-corrected chi connectivity index (χ3v) is 10.0. The van der Waals surface area contributed by atoms with Gasteiger partial charge >= 0.3 is 5.97 Å². The number of carboxylic acid groups (broad SMARTS) is 1. The number of primary amides is 1. The van der Waals surface area contributed by atoms with Gasteiger partial charge in [-0.25, -0.2) is 4.79 Å². The van der Waals surface area contributed by atoms with E-state index in [4.69, 9.17) is 22.9 Å². The quantitative estimate of drug-likeness (QED) is 0.0267. The summed E-state index contributed by atoms with van der Waals surface area (Å²) in [4.78, 5) is 111. The first-order valence-corrected chi connectivity index (χ1v) is 20.1. The van der Waals surface area contributed by atoms with Crippen LogP contribution in [0.15, 0.2) is 35.3 Å². The number of likely N-dealkylation sites (tertiary alicyclic amines) is 1. The predicted molar refractivity (Wildman–Crippen MR) is 220 cm³/mol. The van der Waals surface area contributed by atoms with Crippen molar-refractivity contribution in [1.29, 1.82) is 0 Å². The molecule has 0 saturated carbocycles. The molecular weight excluding hydrogens is 782 g/mol. The predicted octanol–water partition coefficient (Wildman–Crippen LogP) is -2.93. The molecule has 1 saturated heterocycles. The fourth-order valence-electron chi connectivity index (χ4n) is 6.55. The van der Waals surface area contributed by atoms with Crippen LogP contribution in [0, 0.1) is 11.8 Å². The SMILES string of the molecule is CC[C@H](C)[C@H](NC(=O)[C@H](CC(C)C)NC(=O)[C@H](Cc1ccccc1)NC(=O)[C@@H](N)CO)C(=O)N[C@@H](CCCN=C(N)N)C(=O)N[C@@H](CC(N)=O)C(=O)N1CCC[C@H]1C(=O)O. The molecule has 1 aromatic carbocycles. The topological polar surface area (TPSA) is 357 Å². The maximum Gasteiger partial charge on any atom is 0.326 e. The maximum absolute atomic E-state index is 14.1. The minimum Gasteiger partial charge on any atom is -0.480 e. The van der Waals surface area contributed by atoms with Crippen LogP contribution in [0.1, 0.15) is 78.2 Å². The average molecular weight is 846 g/mol. The number of aliphatic carboxylic acids is 1. The fraction of sp³-hybridized carbons (Fsp3) is 0.615. The molecule has 1 aliphatic heterocycles. The normalized spacial score (nSPS) is 17.1. The molecule has 2 rings (SSSR count). The van der Waals surface area contributed by atoms with Gasteiger partial charge in [0.05, 0.1) is 13.0 Å².